The molecule has 0 saturated heterocycles. The summed E-state index contributed by atoms with van der Waals surface area (Å²) in [6.07, 6.45) is 6.59. The van der Waals surface area contributed by atoms with E-state index in [0.717, 1.165) is 40.0 Å². The van der Waals surface area contributed by atoms with E-state index >= 15 is 0 Å². The molecule has 0 saturated carbocycles. The monoisotopic (exact) mass is 378 g/mol. The normalized spacial score (nSPS) is 11.4. The molecule has 2 aromatic carbocycles. The van der Waals surface area contributed by atoms with Gasteiger partial charge in [-0.3, -0.25) is 0 Å². The Morgan fingerprint density at radius 3 is 2.85 bits per heavy atom. The molecule has 2 aromatic heterocycles. The van der Waals surface area contributed by atoms with Crippen molar-refractivity contribution in [3.63, 3.8) is 0 Å². The molecule has 4 rings (SSSR count). The van der Waals surface area contributed by atoms with Crippen LogP contribution in [0.25, 0.3) is 33.3 Å². The van der Waals surface area contributed by atoms with Gasteiger partial charge in [0.25, 0.3) is 0 Å². The van der Waals surface area contributed by atoms with Gasteiger partial charge in [-0.25, -0.2) is 15.0 Å². The lowest BCUT2D eigenvalue weighted by atomic mass is 9.97. The van der Waals surface area contributed by atoms with Crippen molar-refractivity contribution in [3.05, 3.63) is 42.4 Å². The number of unbranched alkanes of at least 4 members (excludes halogenated alkanes) is 1. The van der Waals surface area contributed by atoms with Gasteiger partial charge in [0.05, 0.1) is 18.4 Å². The predicted molar refractivity (Wildman–Crippen MR) is 112 cm³/mol. The number of fused-ring (bicyclic) bond motifs is 2. The molecular weight excluding hydrogens is 356 g/mol. The lowest BCUT2D eigenvalue weighted by Crippen LogP contribution is -1.99. The van der Waals surface area contributed by atoms with E-state index in [1.54, 1.807) is 6.20 Å². The molecule has 0 spiro atoms. The topological polar surface area (TPSA) is 63.7 Å². The maximum Gasteiger partial charge on any atom is 0.161 e. The van der Waals surface area contributed by atoms with Crippen LogP contribution in [0, 0.1) is 0 Å². The fraction of sp³-hybridized carbons (Fsp3) is 0.286. The molecule has 0 aliphatic heterocycles. The molecule has 0 aliphatic rings. The van der Waals surface area contributed by atoms with Crippen molar-refractivity contribution in [3.8, 4) is 17.1 Å². The third kappa shape index (κ3) is 3.25. The number of aromatic nitrogens is 4. The van der Waals surface area contributed by atoms with E-state index < -0.39 is 0 Å². The third-order valence-electron chi connectivity index (χ3n) is 4.69. The first-order valence-electron chi connectivity index (χ1n) is 9.29. The molecule has 0 fully saturated rings. The number of thiol groups is 1. The first-order valence-corrected chi connectivity index (χ1v) is 9.74. The molecule has 0 unspecified atom stereocenters. The Balaban J connectivity index is 1.97. The number of H-pyrrole nitrogens is 1. The van der Waals surface area contributed by atoms with Gasteiger partial charge in [-0.1, -0.05) is 31.5 Å². The molecule has 0 amide bonds. The van der Waals surface area contributed by atoms with Gasteiger partial charge in [-0.15, -0.1) is 12.6 Å². The van der Waals surface area contributed by atoms with Gasteiger partial charge in [-0.2, -0.15) is 0 Å². The zero-order chi connectivity index (χ0) is 18.8. The Hall–Kier alpha value is -2.60. The van der Waals surface area contributed by atoms with Gasteiger partial charge in [0.1, 0.15) is 23.4 Å². The summed E-state index contributed by atoms with van der Waals surface area (Å²) in [7, 11) is 0. The Kier molecular flexibility index (Phi) is 4.99. The van der Waals surface area contributed by atoms with Crippen molar-refractivity contribution < 1.29 is 4.74 Å². The smallest absolute Gasteiger partial charge is 0.161 e. The number of nitrogens with zero attached hydrogens (tertiary/aromatic N) is 3. The average Bonchev–Trinajstić information content (AvgIpc) is 3.10. The molecule has 27 heavy (non-hydrogen) atoms. The van der Waals surface area contributed by atoms with Crippen molar-refractivity contribution in [1.82, 2.24) is 19.9 Å². The second-order valence-electron chi connectivity index (χ2n) is 6.49. The van der Waals surface area contributed by atoms with Crippen LogP contribution in [0.15, 0.2) is 41.7 Å². The Labute approximate surface area is 163 Å². The van der Waals surface area contributed by atoms with Gasteiger partial charge in [0.2, 0.25) is 0 Å². The summed E-state index contributed by atoms with van der Waals surface area (Å²) in [5, 5.41) is 2.28. The first-order chi connectivity index (χ1) is 13.2. The van der Waals surface area contributed by atoms with E-state index in [0.29, 0.717) is 18.1 Å². The van der Waals surface area contributed by atoms with Crippen molar-refractivity contribution >= 4 is 34.6 Å². The second-order valence-corrected chi connectivity index (χ2v) is 6.97. The summed E-state index contributed by atoms with van der Waals surface area (Å²) in [6, 6.07) is 8.52. The fourth-order valence-corrected chi connectivity index (χ4v) is 3.77. The summed E-state index contributed by atoms with van der Waals surface area (Å²) in [6.45, 7) is 4.77. The number of hydrogen-bond acceptors (Lipinski definition) is 5. The average molecular weight is 379 g/mol. The summed E-state index contributed by atoms with van der Waals surface area (Å²) < 4.78 is 6.10. The predicted octanol–water partition coefficient (Wildman–Crippen LogP) is 5.20. The summed E-state index contributed by atoms with van der Waals surface area (Å²) >= 11 is 4.79. The van der Waals surface area contributed by atoms with Crippen molar-refractivity contribution in [1.29, 1.82) is 0 Å². The summed E-state index contributed by atoms with van der Waals surface area (Å²) in [5.74, 6) is 1.50. The highest BCUT2D eigenvalue weighted by molar-refractivity contribution is 7.80. The number of aromatic amines is 1. The van der Waals surface area contributed by atoms with Crippen LogP contribution >= 0.6 is 12.6 Å². The summed E-state index contributed by atoms with van der Waals surface area (Å²) in [5.41, 5.74) is 3.61. The third-order valence-corrected chi connectivity index (χ3v) is 5.05. The highest BCUT2D eigenvalue weighted by Crippen LogP contribution is 2.42. The minimum Gasteiger partial charge on any atom is -0.492 e. The number of rotatable bonds is 6. The number of benzene rings is 2. The quantitative estimate of drug-likeness (QED) is 0.453. The van der Waals surface area contributed by atoms with Crippen LogP contribution in [-0.4, -0.2) is 26.5 Å². The molecule has 6 heteroatoms. The molecule has 5 nitrogen and oxygen atoms in total. The van der Waals surface area contributed by atoms with Gasteiger partial charge in [0.15, 0.2) is 5.65 Å². The van der Waals surface area contributed by atoms with E-state index in [9.17, 15) is 0 Å². The molecule has 138 valence electrons. The minimum absolute atomic E-state index is 0.568. The lowest BCUT2D eigenvalue weighted by Gasteiger charge is -2.16. The highest BCUT2D eigenvalue weighted by atomic mass is 32.1. The number of hydrogen-bond donors (Lipinski definition) is 2. The highest BCUT2D eigenvalue weighted by Gasteiger charge is 2.19. The lowest BCUT2D eigenvalue weighted by molar-refractivity contribution is 0.345. The van der Waals surface area contributed by atoms with Crippen LogP contribution in [0.1, 0.15) is 32.3 Å². The molecule has 0 aliphatic carbocycles. The summed E-state index contributed by atoms with van der Waals surface area (Å²) in [4.78, 5) is 17.1. The van der Waals surface area contributed by atoms with Crippen molar-refractivity contribution in [2.24, 2.45) is 0 Å². The van der Waals surface area contributed by atoms with E-state index in [1.165, 1.54) is 23.7 Å². The first kappa shape index (κ1) is 17.8. The maximum absolute atomic E-state index is 6.10. The van der Waals surface area contributed by atoms with Gasteiger partial charge in [0, 0.05) is 10.3 Å². The SMILES string of the molecule is CCCCc1cccc2c(OCC)c(-c3nc4cncnc4[nH]3)c(S)cc12. The standard InChI is InChI=1S/C21H22N4OS/c1-3-5-7-13-8-6-9-14-15(13)10-17(27)18(19(14)26-4-2)21-24-16-11-22-12-23-20(16)25-21/h6,8-12,27H,3-5,7H2,1-2H3,(H,22,23,24,25). The van der Waals surface area contributed by atoms with Crippen LogP contribution in [0.5, 0.6) is 5.75 Å². The number of ether oxygens (including phenoxy) is 1. The van der Waals surface area contributed by atoms with Crippen LogP contribution in [0.2, 0.25) is 0 Å². The fourth-order valence-electron chi connectivity index (χ4n) is 3.43. The zero-order valence-corrected chi connectivity index (χ0v) is 16.4. The van der Waals surface area contributed by atoms with Gasteiger partial charge in [-0.05, 0) is 36.8 Å². The van der Waals surface area contributed by atoms with Gasteiger partial charge < -0.3 is 9.72 Å². The molecular formula is C21H22N4OS. The van der Waals surface area contributed by atoms with Crippen LogP contribution in [0.4, 0.5) is 0 Å². The Morgan fingerprint density at radius 2 is 2.07 bits per heavy atom. The van der Waals surface area contributed by atoms with Crippen LogP contribution in [0.3, 0.4) is 0 Å². The molecule has 0 bridgehead atoms. The number of nitrogens with one attached hydrogen (secondary N) is 1. The molecule has 0 radical (unpaired) electrons. The van der Waals surface area contributed by atoms with E-state index in [-0.39, 0.29) is 0 Å². The largest absolute Gasteiger partial charge is 0.492 e. The van der Waals surface area contributed by atoms with Crippen LogP contribution < -0.4 is 4.74 Å². The molecule has 1 N–H and O–H groups in total. The number of imidazole rings is 1. The van der Waals surface area contributed by atoms with E-state index in [4.69, 9.17) is 17.4 Å². The van der Waals surface area contributed by atoms with Gasteiger partial charge >= 0.3 is 0 Å². The molecule has 0 atom stereocenters. The minimum atomic E-state index is 0.568. The van der Waals surface area contributed by atoms with Crippen molar-refractivity contribution in [2.45, 2.75) is 38.0 Å². The molecule has 4 aromatic rings. The van der Waals surface area contributed by atoms with E-state index in [1.807, 2.05) is 6.92 Å². The van der Waals surface area contributed by atoms with Crippen molar-refractivity contribution in [2.75, 3.05) is 6.61 Å². The molecule has 2 heterocycles. The maximum atomic E-state index is 6.10. The Morgan fingerprint density at radius 1 is 1.19 bits per heavy atom. The van der Waals surface area contributed by atoms with Crippen LogP contribution in [-0.2, 0) is 6.42 Å². The second kappa shape index (κ2) is 7.56. The Bertz CT molecular complexity index is 1070. The zero-order valence-electron chi connectivity index (χ0n) is 15.5. The number of aryl methyl sites for hydroxylation is 1. The van der Waals surface area contributed by atoms with E-state index in [2.05, 4.69) is 51.1 Å².